The van der Waals surface area contributed by atoms with Gasteiger partial charge in [0.1, 0.15) is 4.32 Å². The lowest BCUT2D eigenvalue weighted by molar-refractivity contribution is -0.115. The molecule has 1 aromatic carbocycles. The number of benzene rings is 1. The molecular weight excluding hydrogens is 294 g/mol. The molecule has 94 valence electrons. The fourth-order valence-electron chi connectivity index (χ4n) is 1.31. The van der Waals surface area contributed by atoms with Crippen molar-refractivity contribution >= 4 is 50.4 Å². The number of rotatable bonds is 2. The van der Waals surface area contributed by atoms with Gasteiger partial charge in [0.15, 0.2) is 0 Å². The van der Waals surface area contributed by atoms with Gasteiger partial charge < -0.3 is 5.32 Å². The summed E-state index contributed by atoms with van der Waals surface area (Å²) < 4.78 is 30.9. The van der Waals surface area contributed by atoms with E-state index in [4.69, 9.17) is 16.8 Å². The standard InChI is InChI=1S/C10H7NO4S3/c12-9-8(17-10(16)11-9)5-6-1-3-7(4-2-6)18(13,14)15/h1-5H,(H,11,12,16)(H,13,14,15)/b8-5+. The van der Waals surface area contributed by atoms with Gasteiger partial charge in [0.05, 0.1) is 9.80 Å². The zero-order valence-electron chi connectivity index (χ0n) is 8.78. The van der Waals surface area contributed by atoms with Crippen LogP contribution in [0.5, 0.6) is 0 Å². The molecule has 0 radical (unpaired) electrons. The number of hydrogen-bond donors (Lipinski definition) is 2. The van der Waals surface area contributed by atoms with Crippen LogP contribution in [0.3, 0.4) is 0 Å². The van der Waals surface area contributed by atoms with Gasteiger partial charge in [-0.3, -0.25) is 9.35 Å². The number of thioether (sulfide) groups is 1. The maximum atomic E-state index is 11.4. The first-order chi connectivity index (χ1) is 8.36. The van der Waals surface area contributed by atoms with Gasteiger partial charge in [0, 0.05) is 0 Å². The first-order valence-electron chi connectivity index (χ1n) is 4.69. The second kappa shape index (κ2) is 4.81. The molecule has 8 heteroatoms. The number of hydrogen-bond acceptors (Lipinski definition) is 5. The summed E-state index contributed by atoms with van der Waals surface area (Å²) in [5, 5.41) is 2.47. The van der Waals surface area contributed by atoms with Crippen molar-refractivity contribution < 1.29 is 17.8 Å². The Kier molecular flexibility index (Phi) is 3.53. The molecular formula is C10H7NO4S3. The fraction of sp³-hybridized carbons (Fsp3) is 0. The molecule has 18 heavy (non-hydrogen) atoms. The van der Waals surface area contributed by atoms with E-state index < -0.39 is 10.1 Å². The van der Waals surface area contributed by atoms with Crippen molar-refractivity contribution in [2.45, 2.75) is 4.90 Å². The average Bonchev–Trinajstić information content (AvgIpc) is 2.57. The largest absolute Gasteiger partial charge is 0.307 e. The monoisotopic (exact) mass is 301 g/mol. The normalized spacial score (nSPS) is 18.2. The summed E-state index contributed by atoms with van der Waals surface area (Å²) in [6.07, 6.45) is 1.59. The Morgan fingerprint density at radius 1 is 1.28 bits per heavy atom. The summed E-state index contributed by atoms with van der Waals surface area (Å²) in [7, 11) is -4.19. The zero-order chi connectivity index (χ0) is 13.3. The summed E-state index contributed by atoms with van der Waals surface area (Å²) >= 11 is 5.98. The van der Waals surface area contributed by atoms with Gasteiger partial charge in [-0.1, -0.05) is 36.1 Å². The van der Waals surface area contributed by atoms with Gasteiger partial charge in [-0.2, -0.15) is 8.42 Å². The van der Waals surface area contributed by atoms with Crippen molar-refractivity contribution in [1.29, 1.82) is 0 Å². The lowest BCUT2D eigenvalue weighted by atomic mass is 10.2. The van der Waals surface area contributed by atoms with Crippen LogP contribution in [0, 0.1) is 0 Å². The highest BCUT2D eigenvalue weighted by Crippen LogP contribution is 2.26. The molecule has 0 aliphatic carbocycles. The molecule has 2 rings (SSSR count). The van der Waals surface area contributed by atoms with Gasteiger partial charge in [-0.05, 0) is 23.8 Å². The molecule has 1 fully saturated rings. The second-order valence-corrected chi connectivity index (χ2v) is 6.54. The van der Waals surface area contributed by atoms with E-state index in [1.54, 1.807) is 6.08 Å². The fourth-order valence-corrected chi connectivity index (χ4v) is 2.83. The van der Waals surface area contributed by atoms with Crippen molar-refractivity contribution in [3.05, 3.63) is 34.7 Å². The number of carbonyl (C=O) groups excluding carboxylic acids is 1. The van der Waals surface area contributed by atoms with E-state index >= 15 is 0 Å². The third-order valence-electron chi connectivity index (χ3n) is 2.12. The van der Waals surface area contributed by atoms with E-state index in [9.17, 15) is 13.2 Å². The first-order valence-corrected chi connectivity index (χ1v) is 7.35. The highest BCUT2D eigenvalue weighted by molar-refractivity contribution is 8.26. The Morgan fingerprint density at radius 2 is 1.89 bits per heavy atom. The van der Waals surface area contributed by atoms with Crippen LogP contribution >= 0.6 is 24.0 Å². The maximum Gasteiger partial charge on any atom is 0.294 e. The van der Waals surface area contributed by atoms with Crippen LogP contribution in [-0.4, -0.2) is 23.2 Å². The summed E-state index contributed by atoms with van der Waals surface area (Å²) in [5.41, 5.74) is 0.643. The Hall–Kier alpha value is -1.22. The molecule has 1 aromatic rings. The van der Waals surface area contributed by atoms with Crippen LogP contribution in [0.15, 0.2) is 34.1 Å². The van der Waals surface area contributed by atoms with Crippen LogP contribution in [0.2, 0.25) is 0 Å². The van der Waals surface area contributed by atoms with Crippen LogP contribution < -0.4 is 5.32 Å². The summed E-state index contributed by atoms with van der Waals surface area (Å²) in [4.78, 5) is 11.6. The predicted molar refractivity (Wildman–Crippen MR) is 72.6 cm³/mol. The molecule has 1 aliphatic heterocycles. The number of nitrogens with one attached hydrogen (secondary N) is 1. The predicted octanol–water partition coefficient (Wildman–Crippen LogP) is 1.42. The number of carbonyl (C=O) groups is 1. The molecule has 0 atom stereocenters. The van der Waals surface area contributed by atoms with E-state index in [0.29, 0.717) is 14.8 Å². The maximum absolute atomic E-state index is 11.4. The summed E-state index contributed by atoms with van der Waals surface area (Å²) in [5.74, 6) is -0.274. The van der Waals surface area contributed by atoms with Crippen molar-refractivity contribution in [2.24, 2.45) is 0 Å². The first kappa shape index (κ1) is 13.2. The van der Waals surface area contributed by atoms with Crippen molar-refractivity contribution in [2.75, 3.05) is 0 Å². The molecule has 1 aliphatic rings. The molecule has 0 aromatic heterocycles. The van der Waals surface area contributed by atoms with Crippen LogP contribution in [0.1, 0.15) is 5.56 Å². The van der Waals surface area contributed by atoms with Gasteiger partial charge in [-0.15, -0.1) is 0 Å². The highest BCUT2D eigenvalue weighted by atomic mass is 32.2. The van der Waals surface area contributed by atoms with E-state index in [1.165, 1.54) is 24.3 Å². The third kappa shape index (κ3) is 2.96. The zero-order valence-corrected chi connectivity index (χ0v) is 11.2. The van der Waals surface area contributed by atoms with E-state index in [0.717, 1.165) is 11.8 Å². The molecule has 1 heterocycles. The quantitative estimate of drug-likeness (QED) is 0.488. The summed E-state index contributed by atoms with van der Waals surface area (Å²) in [6, 6.07) is 5.51. The average molecular weight is 301 g/mol. The van der Waals surface area contributed by atoms with Gasteiger partial charge in [0.2, 0.25) is 0 Å². The molecule has 0 bridgehead atoms. The molecule has 0 unspecified atom stereocenters. The second-order valence-electron chi connectivity index (χ2n) is 3.40. The molecule has 1 amide bonds. The SMILES string of the molecule is O=C1NC(=S)S/C1=C/c1ccc(S(=O)(=O)O)cc1. The Labute approximate surface area is 113 Å². The minimum Gasteiger partial charge on any atom is -0.307 e. The molecule has 2 N–H and O–H groups in total. The molecule has 5 nitrogen and oxygen atoms in total. The van der Waals surface area contributed by atoms with E-state index in [1.807, 2.05) is 0 Å². The number of amides is 1. The smallest absolute Gasteiger partial charge is 0.294 e. The van der Waals surface area contributed by atoms with E-state index in [-0.39, 0.29) is 10.8 Å². The van der Waals surface area contributed by atoms with Crippen LogP contribution in [0.4, 0.5) is 0 Å². The third-order valence-corrected chi connectivity index (χ3v) is 4.15. The minimum atomic E-state index is -4.19. The topological polar surface area (TPSA) is 83.5 Å². The van der Waals surface area contributed by atoms with Gasteiger partial charge in [-0.25, -0.2) is 0 Å². The molecule has 1 saturated heterocycles. The van der Waals surface area contributed by atoms with Crippen molar-refractivity contribution in [3.63, 3.8) is 0 Å². The lowest BCUT2D eigenvalue weighted by Gasteiger charge is -1.98. The highest BCUT2D eigenvalue weighted by Gasteiger charge is 2.21. The summed E-state index contributed by atoms with van der Waals surface area (Å²) in [6.45, 7) is 0. The van der Waals surface area contributed by atoms with E-state index in [2.05, 4.69) is 5.32 Å². The molecule has 0 spiro atoms. The van der Waals surface area contributed by atoms with Gasteiger partial charge >= 0.3 is 0 Å². The molecule has 0 saturated carbocycles. The van der Waals surface area contributed by atoms with Crippen LogP contribution in [-0.2, 0) is 14.9 Å². The van der Waals surface area contributed by atoms with Crippen molar-refractivity contribution in [1.82, 2.24) is 5.32 Å². The Bertz CT molecular complexity index is 646. The lowest BCUT2D eigenvalue weighted by Crippen LogP contribution is -2.17. The van der Waals surface area contributed by atoms with Gasteiger partial charge in [0.25, 0.3) is 16.0 Å². The Balaban J connectivity index is 2.29. The van der Waals surface area contributed by atoms with Crippen LogP contribution in [0.25, 0.3) is 6.08 Å². The van der Waals surface area contributed by atoms with Crippen molar-refractivity contribution in [3.8, 4) is 0 Å². The minimum absolute atomic E-state index is 0.191. The number of thiocarbonyl (C=S) groups is 1. The Morgan fingerprint density at radius 3 is 2.33 bits per heavy atom.